The molecule has 0 amide bonds. The zero-order valence-electron chi connectivity index (χ0n) is 13.9. The fourth-order valence-electron chi connectivity index (χ4n) is 2.37. The van der Waals surface area contributed by atoms with E-state index >= 15 is 0 Å². The number of esters is 1. The molecule has 0 bridgehead atoms. The van der Waals surface area contributed by atoms with E-state index in [0.717, 1.165) is 16.7 Å². The molecular formula is C20H16N2O3. The molecule has 0 atom stereocenters. The van der Waals surface area contributed by atoms with Gasteiger partial charge in [0.05, 0.1) is 0 Å². The molecule has 0 radical (unpaired) electrons. The monoisotopic (exact) mass is 332 g/mol. The number of carbonyl (C=O) groups is 1. The summed E-state index contributed by atoms with van der Waals surface area (Å²) in [6, 6.07) is 14.8. The lowest BCUT2D eigenvalue weighted by molar-refractivity contribution is -0.129. The lowest BCUT2D eigenvalue weighted by Crippen LogP contribution is -2.05. The van der Waals surface area contributed by atoms with Crippen molar-refractivity contribution in [2.75, 3.05) is 6.61 Å². The highest BCUT2D eigenvalue weighted by atomic mass is 16.6. The Hall–Kier alpha value is -3.39. The molecule has 124 valence electrons. The van der Waals surface area contributed by atoms with E-state index in [-0.39, 0.29) is 12.3 Å². The van der Waals surface area contributed by atoms with E-state index in [1.807, 2.05) is 44.2 Å². The summed E-state index contributed by atoms with van der Waals surface area (Å²) < 4.78 is 10.6. The van der Waals surface area contributed by atoms with Crippen LogP contribution < -0.4 is 4.74 Å². The minimum Gasteiger partial charge on any atom is -0.479 e. The van der Waals surface area contributed by atoms with Crippen molar-refractivity contribution < 1.29 is 14.3 Å². The lowest BCUT2D eigenvalue weighted by Gasteiger charge is -2.03. The number of aliphatic imine (C=N–C) groups is 1. The minimum absolute atomic E-state index is 0.0306. The van der Waals surface area contributed by atoms with Gasteiger partial charge in [-0.05, 0) is 60.9 Å². The van der Waals surface area contributed by atoms with Crippen LogP contribution in [0.1, 0.15) is 22.3 Å². The Balaban J connectivity index is 1.88. The zero-order chi connectivity index (χ0) is 17.8. The van der Waals surface area contributed by atoms with Crippen molar-refractivity contribution in [3.8, 4) is 11.8 Å². The van der Waals surface area contributed by atoms with Crippen LogP contribution in [0.5, 0.6) is 5.75 Å². The van der Waals surface area contributed by atoms with Crippen molar-refractivity contribution in [3.63, 3.8) is 0 Å². The molecule has 1 aliphatic rings. The maximum atomic E-state index is 12.1. The van der Waals surface area contributed by atoms with Gasteiger partial charge < -0.3 is 9.47 Å². The van der Waals surface area contributed by atoms with Crippen molar-refractivity contribution in [3.05, 3.63) is 70.4 Å². The number of cyclic esters (lactones) is 1. The van der Waals surface area contributed by atoms with Crippen molar-refractivity contribution in [1.29, 1.82) is 5.26 Å². The second kappa shape index (κ2) is 7.02. The summed E-state index contributed by atoms with van der Waals surface area (Å²) in [7, 11) is 0. The molecule has 1 aliphatic heterocycles. The predicted octanol–water partition coefficient (Wildman–Crippen LogP) is 3.55. The number of nitrogens with zero attached hydrogens (tertiary/aromatic N) is 2. The summed E-state index contributed by atoms with van der Waals surface area (Å²) >= 11 is 0. The Morgan fingerprint density at radius 2 is 2.04 bits per heavy atom. The number of benzene rings is 2. The minimum atomic E-state index is -0.489. The van der Waals surface area contributed by atoms with Crippen molar-refractivity contribution in [2.45, 2.75) is 13.8 Å². The van der Waals surface area contributed by atoms with Gasteiger partial charge in [0.25, 0.3) is 0 Å². The maximum Gasteiger partial charge on any atom is 0.363 e. The molecule has 25 heavy (non-hydrogen) atoms. The van der Waals surface area contributed by atoms with Gasteiger partial charge in [0.15, 0.2) is 12.3 Å². The van der Waals surface area contributed by atoms with Gasteiger partial charge in [0.1, 0.15) is 11.8 Å². The van der Waals surface area contributed by atoms with Crippen LogP contribution >= 0.6 is 0 Å². The van der Waals surface area contributed by atoms with E-state index in [2.05, 4.69) is 4.99 Å². The van der Waals surface area contributed by atoms with Gasteiger partial charge in [0, 0.05) is 5.56 Å². The standard InChI is InChI=1S/C20H16N2O3/c1-13-6-7-16(10-14(13)2)19-22-18(20(23)25-19)12-15-4-3-5-17(11-15)24-9-8-21/h3-7,10-12H,9H2,1-2H3. The van der Waals surface area contributed by atoms with Gasteiger partial charge in [-0.25, -0.2) is 9.79 Å². The molecule has 0 aliphatic carbocycles. The van der Waals surface area contributed by atoms with E-state index in [9.17, 15) is 4.79 Å². The largest absolute Gasteiger partial charge is 0.479 e. The molecule has 0 saturated heterocycles. The maximum absolute atomic E-state index is 12.1. The summed E-state index contributed by atoms with van der Waals surface area (Å²) in [5.41, 5.74) is 4.01. The van der Waals surface area contributed by atoms with Crippen molar-refractivity contribution in [2.24, 2.45) is 4.99 Å². The predicted molar refractivity (Wildman–Crippen MR) is 94.1 cm³/mol. The van der Waals surface area contributed by atoms with E-state index < -0.39 is 5.97 Å². The molecule has 2 aromatic rings. The molecule has 0 N–H and O–H groups in total. The Morgan fingerprint density at radius 3 is 2.80 bits per heavy atom. The van der Waals surface area contributed by atoms with Gasteiger partial charge in [0.2, 0.25) is 5.90 Å². The van der Waals surface area contributed by atoms with Gasteiger partial charge in [-0.2, -0.15) is 5.26 Å². The lowest BCUT2D eigenvalue weighted by atomic mass is 10.1. The van der Waals surface area contributed by atoms with Gasteiger partial charge in [-0.3, -0.25) is 0 Å². The topological polar surface area (TPSA) is 71.7 Å². The number of hydrogen-bond donors (Lipinski definition) is 0. The van der Waals surface area contributed by atoms with Crippen LogP contribution in [-0.2, 0) is 9.53 Å². The van der Waals surface area contributed by atoms with Crippen LogP contribution in [0.3, 0.4) is 0 Å². The van der Waals surface area contributed by atoms with Gasteiger partial charge in [-0.15, -0.1) is 0 Å². The molecule has 0 aromatic heterocycles. The third-order valence-corrected chi connectivity index (χ3v) is 3.84. The van der Waals surface area contributed by atoms with Gasteiger partial charge in [-0.1, -0.05) is 18.2 Å². The zero-order valence-corrected chi connectivity index (χ0v) is 13.9. The third kappa shape index (κ3) is 3.75. The summed E-state index contributed by atoms with van der Waals surface area (Å²) in [4.78, 5) is 16.4. The van der Waals surface area contributed by atoms with Crippen molar-refractivity contribution in [1.82, 2.24) is 0 Å². The summed E-state index contributed by atoms with van der Waals surface area (Å²) in [5, 5.41) is 8.57. The summed E-state index contributed by atoms with van der Waals surface area (Å²) in [5.74, 6) is 0.369. The fourth-order valence-corrected chi connectivity index (χ4v) is 2.37. The molecule has 5 heteroatoms. The highest BCUT2D eigenvalue weighted by molar-refractivity contribution is 6.12. The van der Waals surface area contributed by atoms with Crippen molar-refractivity contribution >= 4 is 17.9 Å². The molecule has 0 fully saturated rings. The molecular weight excluding hydrogens is 316 g/mol. The SMILES string of the molecule is Cc1ccc(C2=NC(=Cc3cccc(OCC#N)c3)C(=O)O2)cc1C. The van der Waals surface area contributed by atoms with Crippen LogP contribution in [0.15, 0.2) is 53.2 Å². The molecule has 2 aromatic carbocycles. The highest BCUT2D eigenvalue weighted by Crippen LogP contribution is 2.22. The number of carbonyl (C=O) groups excluding carboxylic acids is 1. The number of rotatable bonds is 4. The molecule has 0 unspecified atom stereocenters. The second-order valence-electron chi connectivity index (χ2n) is 5.65. The highest BCUT2D eigenvalue weighted by Gasteiger charge is 2.24. The van der Waals surface area contributed by atoms with E-state index in [1.54, 1.807) is 24.3 Å². The molecule has 1 heterocycles. The smallest absolute Gasteiger partial charge is 0.363 e. The fraction of sp³-hybridized carbons (Fsp3) is 0.150. The first kappa shape index (κ1) is 16.5. The number of hydrogen-bond acceptors (Lipinski definition) is 5. The van der Waals surface area contributed by atoms with E-state index in [4.69, 9.17) is 14.7 Å². The molecule has 0 saturated carbocycles. The average molecular weight is 332 g/mol. The first-order valence-electron chi connectivity index (χ1n) is 7.77. The van der Waals surface area contributed by atoms with E-state index in [0.29, 0.717) is 11.6 Å². The quantitative estimate of drug-likeness (QED) is 0.634. The Bertz CT molecular complexity index is 936. The number of aryl methyl sites for hydroxylation is 2. The average Bonchev–Trinajstić information content (AvgIpc) is 2.96. The van der Waals surface area contributed by atoms with Gasteiger partial charge >= 0.3 is 5.97 Å². The first-order valence-corrected chi connectivity index (χ1v) is 7.77. The second-order valence-corrected chi connectivity index (χ2v) is 5.65. The Morgan fingerprint density at radius 1 is 1.20 bits per heavy atom. The van der Waals surface area contributed by atoms with Crippen LogP contribution in [0.25, 0.3) is 6.08 Å². The molecule has 3 rings (SSSR count). The van der Waals surface area contributed by atoms with Crippen LogP contribution in [0.2, 0.25) is 0 Å². The summed E-state index contributed by atoms with van der Waals surface area (Å²) in [6.07, 6.45) is 1.63. The van der Waals surface area contributed by atoms with Crippen LogP contribution in [-0.4, -0.2) is 18.5 Å². The number of nitriles is 1. The van der Waals surface area contributed by atoms with Crippen LogP contribution in [0, 0.1) is 25.2 Å². The Labute approximate surface area is 145 Å². The van der Waals surface area contributed by atoms with E-state index in [1.165, 1.54) is 5.56 Å². The number of ether oxygens (including phenoxy) is 2. The molecule has 0 spiro atoms. The normalized spacial score (nSPS) is 14.8. The molecule has 5 nitrogen and oxygen atoms in total. The summed E-state index contributed by atoms with van der Waals surface area (Å²) in [6.45, 7) is 3.99. The van der Waals surface area contributed by atoms with Crippen LogP contribution in [0.4, 0.5) is 0 Å². The first-order chi connectivity index (χ1) is 12.1. The third-order valence-electron chi connectivity index (χ3n) is 3.84. The Kier molecular flexibility index (Phi) is 4.62.